The molecule has 0 aromatic heterocycles. The van der Waals surface area contributed by atoms with E-state index in [2.05, 4.69) is 0 Å². The first-order chi connectivity index (χ1) is 19.0. The molecule has 4 rings (SSSR count). The highest BCUT2D eigenvalue weighted by Gasteiger charge is 2.64. The second-order valence-corrected chi connectivity index (χ2v) is 13.8. The molecule has 0 bridgehead atoms. The maximum Gasteiger partial charge on any atom is 0.309 e. The van der Waals surface area contributed by atoms with Gasteiger partial charge in [-0.1, -0.05) is 77.6 Å². The van der Waals surface area contributed by atoms with Crippen LogP contribution in [0.15, 0.2) is 0 Å². The molecule has 2 unspecified atom stereocenters. The van der Waals surface area contributed by atoms with E-state index in [9.17, 15) is 39.6 Å². The van der Waals surface area contributed by atoms with Crippen LogP contribution in [0.5, 0.6) is 0 Å². The van der Waals surface area contributed by atoms with Gasteiger partial charge in [-0.25, -0.2) is 0 Å². The van der Waals surface area contributed by atoms with Crippen LogP contribution in [0.2, 0.25) is 0 Å². The van der Waals surface area contributed by atoms with Crippen molar-refractivity contribution in [3.63, 3.8) is 0 Å². The molecular formula is C32H50O8. The number of rotatable bonds is 12. The lowest BCUT2D eigenvalue weighted by Crippen LogP contribution is -2.56. The average Bonchev–Trinajstić information content (AvgIpc) is 3.63. The second-order valence-electron chi connectivity index (χ2n) is 13.8. The topological polar surface area (TPSA) is 149 Å². The normalized spacial score (nSPS) is 26.6. The van der Waals surface area contributed by atoms with Crippen molar-refractivity contribution < 1.29 is 39.6 Å². The van der Waals surface area contributed by atoms with Gasteiger partial charge < -0.3 is 20.4 Å². The molecule has 0 saturated heterocycles. The number of hydrogen-bond acceptors (Lipinski definition) is 4. The van der Waals surface area contributed by atoms with Crippen molar-refractivity contribution in [1.82, 2.24) is 0 Å². The van der Waals surface area contributed by atoms with E-state index in [0.29, 0.717) is 83.5 Å². The zero-order valence-corrected chi connectivity index (χ0v) is 24.3. The Morgan fingerprint density at radius 2 is 0.750 bits per heavy atom. The molecule has 4 fully saturated rings. The Morgan fingerprint density at radius 3 is 1.05 bits per heavy atom. The summed E-state index contributed by atoms with van der Waals surface area (Å²) in [6, 6.07) is 0. The first-order valence-corrected chi connectivity index (χ1v) is 16.0. The maximum atomic E-state index is 13.3. The molecule has 226 valence electrons. The Kier molecular flexibility index (Phi) is 9.26. The summed E-state index contributed by atoms with van der Waals surface area (Å²) < 4.78 is 0. The van der Waals surface area contributed by atoms with E-state index < -0.39 is 63.3 Å². The molecule has 8 nitrogen and oxygen atoms in total. The molecule has 0 aliphatic heterocycles. The first kappa shape index (κ1) is 30.8. The fraction of sp³-hybridized carbons (Fsp3) is 0.875. The quantitative estimate of drug-likeness (QED) is 0.199. The number of hydrogen-bond donors (Lipinski definition) is 4. The van der Waals surface area contributed by atoms with Gasteiger partial charge in [0.05, 0.1) is 21.7 Å². The largest absolute Gasteiger partial charge is 0.481 e. The van der Waals surface area contributed by atoms with Crippen LogP contribution < -0.4 is 0 Å². The van der Waals surface area contributed by atoms with Gasteiger partial charge in [0.15, 0.2) is 0 Å². The Morgan fingerprint density at radius 1 is 0.475 bits per heavy atom. The highest BCUT2D eigenvalue weighted by Crippen LogP contribution is 2.63. The highest BCUT2D eigenvalue weighted by molar-refractivity contribution is 5.81. The van der Waals surface area contributed by atoms with Crippen LogP contribution in [0.3, 0.4) is 0 Å². The monoisotopic (exact) mass is 562 g/mol. The standard InChI is InChI=1S/C32H50O8/c1-2-22(29(25(33)34)13-9-10-14-29)23(30(26(35)36)15-11-12-16-30)21-24(31(27(37)38)17-5-3-6-18-31)32(28(39)40)19-7-4-8-20-32/h22-24H,2-21H2,1H3,(H,33,34)(H,35,36)(H,37,38)(H,39,40). The molecule has 4 saturated carbocycles. The minimum Gasteiger partial charge on any atom is -0.481 e. The molecule has 8 heteroatoms. The van der Waals surface area contributed by atoms with Crippen molar-refractivity contribution in [3.05, 3.63) is 0 Å². The van der Waals surface area contributed by atoms with Gasteiger partial charge in [-0.15, -0.1) is 0 Å². The van der Waals surface area contributed by atoms with Crippen LogP contribution >= 0.6 is 0 Å². The van der Waals surface area contributed by atoms with Gasteiger partial charge >= 0.3 is 23.9 Å². The van der Waals surface area contributed by atoms with E-state index in [4.69, 9.17) is 0 Å². The van der Waals surface area contributed by atoms with E-state index in [1.54, 1.807) is 0 Å². The van der Waals surface area contributed by atoms with Gasteiger partial charge in [-0.05, 0) is 75.5 Å². The van der Waals surface area contributed by atoms with Crippen LogP contribution in [0.1, 0.15) is 135 Å². The summed E-state index contributed by atoms with van der Waals surface area (Å²) in [4.78, 5) is 52.9. The van der Waals surface area contributed by atoms with Crippen LogP contribution in [-0.2, 0) is 19.2 Å². The van der Waals surface area contributed by atoms with Crippen LogP contribution in [-0.4, -0.2) is 44.3 Å². The molecule has 0 heterocycles. The lowest BCUT2D eigenvalue weighted by Gasteiger charge is -2.54. The van der Waals surface area contributed by atoms with Crippen molar-refractivity contribution >= 4 is 23.9 Å². The van der Waals surface area contributed by atoms with Crippen molar-refractivity contribution in [2.75, 3.05) is 0 Å². The predicted molar refractivity (Wildman–Crippen MR) is 149 cm³/mol. The fourth-order valence-electron chi connectivity index (χ4n) is 10.4. The summed E-state index contributed by atoms with van der Waals surface area (Å²) in [5.74, 6) is -5.50. The number of carboxylic acids is 4. The van der Waals surface area contributed by atoms with Gasteiger partial charge in [0.25, 0.3) is 0 Å². The number of carboxylic acid groups (broad SMARTS) is 4. The van der Waals surface area contributed by atoms with E-state index in [1.165, 1.54) is 0 Å². The minimum absolute atomic E-state index is 0.165. The molecule has 4 aliphatic rings. The van der Waals surface area contributed by atoms with E-state index in [1.807, 2.05) is 6.92 Å². The molecular weight excluding hydrogens is 512 g/mol. The summed E-state index contributed by atoms with van der Waals surface area (Å²) in [6.45, 7) is 1.95. The third kappa shape index (κ3) is 4.95. The van der Waals surface area contributed by atoms with E-state index in [-0.39, 0.29) is 6.42 Å². The molecule has 0 aromatic rings. The van der Waals surface area contributed by atoms with Crippen LogP contribution in [0.4, 0.5) is 0 Å². The molecule has 4 aliphatic carbocycles. The first-order valence-electron chi connectivity index (χ1n) is 16.0. The summed E-state index contributed by atoms with van der Waals surface area (Å²) in [6.07, 6.45) is 11.8. The third-order valence-electron chi connectivity index (χ3n) is 12.4. The maximum absolute atomic E-state index is 13.3. The molecule has 0 aromatic carbocycles. The third-order valence-corrected chi connectivity index (χ3v) is 12.4. The molecule has 40 heavy (non-hydrogen) atoms. The van der Waals surface area contributed by atoms with E-state index >= 15 is 0 Å². The smallest absolute Gasteiger partial charge is 0.309 e. The number of aliphatic carboxylic acids is 4. The highest BCUT2D eigenvalue weighted by atomic mass is 16.4. The van der Waals surface area contributed by atoms with Crippen molar-refractivity contribution in [3.8, 4) is 0 Å². The van der Waals surface area contributed by atoms with Crippen molar-refractivity contribution in [2.24, 2.45) is 39.4 Å². The Balaban J connectivity index is 1.94. The summed E-state index contributed by atoms with van der Waals surface area (Å²) in [5, 5.41) is 43.3. The lowest BCUT2D eigenvalue weighted by atomic mass is 9.48. The zero-order chi connectivity index (χ0) is 29.2. The average molecular weight is 563 g/mol. The fourth-order valence-corrected chi connectivity index (χ4v) is 10.4. The summed E-state index contributed by atoms with van der Waals surface area (Å²) in [5.41, 5.74) is -4.70. The molecule has 0 amide bonds. The second kappa shape index (κ2) is 12.0. The van der Waals surface area contributed by atoms with Gasteiger partial charge in [0, 0.05) is 0 Å². The molecule has 2 atom stereocenters. The van der Waals surface area contributed by atoms with Crippen LogP contribution in [0.25, 0.3) is 0 Å². The molecule has 4 N–H and O–H groups in total. The van der Waals surface area contributed by atoms with Crippen molar-refractivity contribution in [2.45, 2.75) is 135 Å². The Hall–Kier alpha value is -2.12. The zero-order valence-electron chi connectivity index (χ0n) is 24.3. The van der Waals surface area contributed by atoms with Crippen LogP contribution in [0, 0.1) is 39.4 Å². The Bertz CT molecular complexity index is 910. The minimum atomic E-state index is -1.24. The number of carbonyl (C=O) groups is 4. The summed E-state index contributed by atoms with van der Waals surface area (Å²) >= 11 is 0. The van der Waals surface area contributed by atoms with Gasteiger partial charge in [0.1, 0.15) is 0 Å². The SMILES string of the molecule is CCC(C(CC(C1(C(=O)O)CCCCC1)C1(C(=O)O)CCCCC1)C1(C(=O)O)CCCC1)C1(C(=O)O)CCCC1. The Labute approximate surface area is 238 Å². The van der Waals surface area contributed by atoms with Gasteiger partial charge in [-0.3, -0.25) is 19.2 Å². The van der Waals surface area contributed by atoms with Crippen molar-refractivity contribution in [1.29, 1.82) is 0 Å². The lowest BCUT2D eigenvalue weighted by molar-refractivity contribution is -0.181. The molecule has 0 radical (unpaired) electrons. The molecule has 0 spiro atoms. The summed E-state index contributed by atoms with van der Waals surface area (Å²) in [7, 11) is 0. The van der Waals surface area contributed by atoms with Gasteiger partial charge in [0.2, 0.25) is 0 Å². The van der Waals surface area contributed by atoms with E-state index in [0.717, 1.165) is 38.5 Å². The van der Waals surface area contributed by atoms with Gasteiger partial charge in [-0.2, -0.15) is 0 Å². The predicted octanol–water partition coefficient (Wildman–Crippen LogP) is 7.00.